The minimum absolute atomic E-state index is 0.154. The number of benzene rings is 2. The Morgan fingerprint density at radius 2 is 0.917 bits per heavy atom. The lowest BCUT2D eigenvalue weighted by Crippen LogP contribution is -2.45. The highest BCUT2D eigenvalue weighted by molar-refractivity contribution is 5.37. The van der Waals surface area contributed by atoms with E-state index in [1.54, 1.807) is 0 Å². The first-order valence-corrected chi connectivity index (χ1v) is 9.69. The van der Waals surface area contributed by atoms with E-state index < -0.39 is 0 Å². The number of hydrogen-bond donors (Lipinski definition) is 0. The van der Waals surface area contributed by atoms with E-state index in [9.17, 15) is 0 Å². The highest BCUT2D eigenvalue weighted by atomic mass is 14.5. The van der Waals surface area contributed by atoms with Crippen molar-refractivity contribution in [3.8, 4) is 0 Å². The Morgan fingerprint density at radius 3 is 1.21 bits per heavy atom. The summed E-state index contributed by atoms with van der Waals surface area (Å²) in [5.41, 5.74) is 3.28. The van der Waals surface area contributed by atoms with Crippen molar-refractivity contribution in [3.05, 3.63) is 71.8 Å². The van der Waals surface area contributed by atoms with Crippen LogP contribution in [0.3, 0.4) is 0 Å². The summed E-state index contributed by atoms with van der Waals surface area (Å²) in [7, 11) is 0. The minimum atomic E-state index is 0.154. The molecular formula is C24H34. The third kappa shape index (κ3) is 3.74. The van der Waals surface area contributed by atoms with Crippen molar-refractivity contribution in [3.63, 3.8) is 0 Å². The maximum absolute atomic E-state index is 2.50. The van der Waals surface area contributed by atoms with Crippen LogP contribution in [0.25, 0.3) is 0 Å². The van der Waals surface area contributed by atoms with Crippen molar-refractivity contribution in [1.29, 1.82) is 0 Å². The zero-order chi connectivity index (χ0) is 17.5. The predicted octanol–water partition coefficient (Wildman–Crippen LogP) is 7.28. The van der Waals surface area contributed by atoms with Crippen LogP contribution in [-0.2, 0) is 10.8 Å². The van der Waals surface area contributed by atoms with Gasteiger partial charge in [0.15, 0.2) is 0 Å². The van der Waals surface area contributed by atoms with E-state index in [-0.39, 0.29) is 10.8 Å². The second-order valence-electron chi connectivity index (χ2n) is 7.60. The fourth-order valence-corrected chi connectivity index (χ4v) is 4.15. The lowest BCUT2D eigenvalue weighted by molar-refractivity contribution is 0.210. The molecule has 0 N–H and O–H groups in total. The summed E-state index contributed by atoms with van der Waals surface area (Å²) in [5, 5.41) is 0. The SMILES string of the molecule is CCCC[C@](C)(c1ccccc1)[C@](C)(CCCC)c1ccccc1. The van der Waals surface area contributed by atoms with Gasteiger partial charge in [-0.1, -0.05) is 114 Å². The number of hydrogen-bond acceptors (Lipinski definition) is 0. The molecule has 130 valence electrons. The second-order valence-corrected chi connectivity index (χ2v) is 7.60. The van der Waals surface area contributed by atoms with Gasteiger partial charge < -0.3 is 0 Å². The Balaban J connectivity index is 2.56. The first kappa shape index (κ1) is 18.8. The van der Waals surface area contributed by atoms with Crippen LogP contribution in [0.1, 0.15) is 77.3 Å². The average molecular weight is 323 g/mol. The van der Waals surface area contributed by atoms with E-state index in [1.807, 2.05) is 0 Å². The molecule has 24 heavy (non-hydrogen) atoms. The van der Waals surface area contributed by atoms with Crippen molar-refractivity contribution >= 4 is 0 Å². The molecule has 2 aromatic carbocycles. The Morgan fingerprint density at radius 1 is 0.583 bits per heavy atom. The fraction of sp³-hybridized carbons (Fsp3) is 0.500. The van der Waals surface area contributed by atoms with Crippen molar-refractivity contribution in [2.24, 2.45) is 0 Å². The Kier molecular flexibility index (Phi) is 6.66. The molecule has 0 amide bonds. The third-order valence-corrected chi connectivity index (χ3v) is 6.10. The summed E-state index contributed by atoms with van der Waals surface area (Å²) in [6, 6.07) is 22.4. The molecule has 2 atom stereocenters. The van der Waals surface area contributed by atoms with Gasteiger partial charge in [0.1, 0.15) is 0 Å². The van der Waals surface area contributed by atoms with Crippen molar-refractivity contribution < 1.29 is 0 Å². The first-order chi connectivity index (χ1) is 11.6. The summed E-state index contributed by atoms with van der Waals surface area (Å²) in [6.45, 7) is 9.61. The van der Waals surface area contributed by atoms with E-state index in [4.69, 9.17) is 0 Å². The van der Waals surface area contributed by atoms with E-state index >= 15 is 0 Å². The molecule has 0 spiro atoms. The molecule has 0 heteroatoms. The molecule has 2 rings (SSSR count). The van der Waals surface area contributed by atoms with Crippen molar-refractivity contribution in [2.75, 3.05) is 0 Å². The van der Waals surface area contributed by atoms with E-state index in [1.165, 1.54) is 49.7 Å². The summed E-state index contributed by atoms with van der Waals surface area (Å²) >= 11 is 0. The van der Waals surface area contributed by atoms with Gasteiger partial charge in [0.25, 0.3) is 0 Å². The molecule has 0 aromatic heterocycles. The minimum Gasteiger partial charge on any atom is -0.0654 e. The highest BCUT2D eigenvalue weighted by Crippen LogP contribution is 2.50. The summed E-state index contributed by atoms with van der Waals surface area (Å²) in [5.74, 6) is 0. The lowest BCUT2D eigenvalue weighted by atomic mass is 9.55. The van der Waals surface area contributed by atoms with Crippen LogP contribution in [0.2, 0.25) is 0 Å². The molecule has 2 aromatic rings. The van der Waals surface area contributed by atoms with E-state index in [2.05, 4.69) is 88.4 Å². The van der Waals surface area contributed by atoms with Gasteiger partial charge in [0.2, 0.25) is 0 Å². The van der Waals surface area contributed by atoms with Crippen LogP contribution < -0.4 is 0 Å². The van der Waals surface area contributed by atoms with Gasteiger partial charge in [-0.2, -0.15) is 0 Å². The second kappa shape index (κ2) is 8.51. The molecule has 0 saturated heterocycles. The quantitative estimate of drug-likeness (QED) is 0.455. The third-order valence-electron chi connectivity index (χ3n) is 6.10. The van der Waals surface area contributed by atoms with Crippen LogP contribution >= 0.6 is 0 Å². The average Bonchev–Trinajstić information content (AvgIpc) is 2.65. The van der Waals surface area contributed by atoms with E-state index in [0.717, 1.165) is 0 Å². The standard InChI is InChI=1S/C24H34/c1-5-7-19-23(3,21-15-11-9-12-16-21)24(4,20-8-6-2)22-17-13-10-14-18-22/h9-18H,5-8,19-20H2,1-4H3/t23-,24-/m1/s1. The lowest BCUT2D eigenvalue weighted by Gasteiger charge is -2.48. The van der Waals surface area contributed by atoms with Crippen molar-refractivity contribution in [1.82, 2.24) is 0 Å². The maximum Gasteiger partial charge on any atom is 0.00189 e. The molecule has 0 heterocycles. The Bertz CT molecular complexity index is 530. The van der Waals surface area contributed by atoms with Crippen LogP contribution in [0.5, 0.6) is 0 Å². The highest BCUT2D eigenvalue weighted by Gasteiger charge is 2.45. The molecule has 0 radical (unpaired) electrons. The van der Waals surface area contributed by atoms with Gasteiger partial charge in [-0.3, -0.25) is 0 Å². The number of unbranched alkanes of at least 4 members (excludes halogenated alkanes) is 2. The van der Waals surface area contributed by atoms with Gasteiger partial charge in [-0.05, 0) is 24.0 Å². The van der Waals surface area contributed by atoms with Gasteiger partial charge in [0.05, 0.1) is 0 Å². The van der Waals surface area contributed by atoms with Crippen LogP contribution in [0, 0.1) is 0 Å². The maximum atomic E-state index is 2.50. The van der Waals surface area contributed by atoms with Gasteiger partial charge in [0, 0.05) is 10.8 Å². The summed E-state index contributed by atoms with van der Waals surface area (Å²) < 4.78 is 0. The topological polar surface area (TPSA) is 0 Å². The number of rotatable bonds is 9. The molecule has 0 fully saturated rings. The van der Waals surface area contributed by atoms with Gasteiger partial charge >= 0.3 is 0 Å². The van der Waals surface area contributed by atoms with Gasteiger partial charge in [-0.15, -0.1) is 0 Å². The van der Waals surface area contributed by atoms with Crippen LogP contribution in [-0.4, -0.2) is 0 Å². The molecule has 0 aliphatic carbocycles. The van der Waals surface area contributed by atoms with Crippen LogP contribution in [0.4, 0.5) is 0 Å². The predicted molar refractivity (Wildman–Crippen MR) is 107 cm³/mol. The molecule has 0 aliphatic rings. The normalized spacial score (nSPS) is 16.3. The summed E-state index contributed by atoms with van der Waals surface area (Å²) in [6.07, 6.45) is 7.53. The smallest absolute Gasteiger partial charge is 0.00189 e. The van der Waals surface area contributed by atoms with E-state index in [0.29, 0.717) is 0 Å². The first-order valence-electron chi connectivity index (χ1n) is 9.69. The largest absolute Gasteiger partial charge is 0.0654 e. The molecule has 0 saturated carbocycles. The van der Waals surface area contributed by atoms with Crippen LogP contribution in [0.15, 0.2) is 60.7 Å². The molecular weight excluding hydrogens is 288 g/mol. The molecule has 0 bridgehead atoms. The molecule has 0 nitrogen and oxygen atoms in total. The zero-order valence-corrected chi connectivity index (χ0v) is 16.0. The van der Waals surface area contributed by atoms with Gasteiger partial charge in [-0.25, -0.2) is 0 Å². The fourth-order valence-electron chi connectivity index (χ4n) is 4.15. The zero-order valence-electron chi connectivity index (χ0n) is 16.0. The summed E-state index contributed by atoms with van der Waals surface area (Å²) in [4.78, 5) is 0. The molecule has 0 aliphatic heterocycles. The monoisotopic (exact) mass is 322 g/mol. The Labute approximate surface area is 149 Å². The molecule has 0 unspecified atom stereocenters. The van der Waals surface area contributed by atoms with Crippen molar-refractivity contribution in [2.45, 2.75) is 77.0 Å². The Hall–Kier alpha value is -1.56.